The van der Waals surface area contributed by atoms with Crippen LogP contribution >= 0.6 is 11.8 Å². The van der Waals surface area contributed by atoms with Crippen LogP contribution in [-0.4, -0.2) is 35.6 Å². The first-order chi connectivity index (χ1) is 9.06. The lowest BCUT2D eigenvalue weighted by atomic mass is 10.3. The molecule has 0 saturated heterocycles. The number of rotatable bonds is 7. The molecular formula is C12H15NO5S. The van der Waals surface area contributed by atoms with E-state index < -0.39 is 4.92 Å². The third-order valence-corrected chi connectivity index (χ3v) is 3.40. The van der Waals surface area contributed by atoms with Crippen molar-refractivity contribution in [2.24, 2.45) is 0 Å². The van der Waals surface area contributed by atoms with Gasteiger partial charge in [0.1, 0.15) is 0 Å². The van der Waals surface area contributed by atoms with Crippen molar-refractivity contribution in [1.29, 1.82) is 0 Å². The van der Waals surface area contributed by atoms with Crippen LogP contribution in [0.4, 0.5) is 5.69 Å². The molecule has 0 saturated carbocycles. The summed E-state index contributed by atoms with van der Waals surface area (Å²) in [4.78, 5) is 21.4. The summed E-state index contributed by atoms with van der Waals surface area (Å²) in [5.41, 5.74) is -0.0616. The molecule has 0 fully saturated rings. The Morgan fingerprint density at radius 2 is 2.16 bits per heavy atom. The second-order valence-corrected chi connectivity index (χ2v) is 5.06. The normalized spacial score (nSPS) is 11.7. The number of carbonyl (C=O) groups is 1. The molecule has 104 valence electrons. The van der Waals surface area contributed by atoms with Gasteiger partial charge in [0.15, 0.2) is 5.75 Å². The minimum Gasteiger partial charge on any atom is -0.486 e. The topological polar surface area (TPSA) is 78.7 Å². The van der Waals surface area contributed by atoms with Gasteiger partial charge in [0.25, 0.3) is 0 Å². The second-order valence-electron chi connectivity index (χ2n) is 3.61. The van der Waals surface area contributed by atoms with Gasteiger partial charge in [0.05, 0.1) is 23.9 Å². The van der Waals surface area contributed by atoms with Crippen LogP contribution in [0.25, 0.3) is 0 Å². The highest BCUT2D eigenvalue weighted by molar-refractivity contribution is 8.00. The molecule has 7 heteroatoms. The van der Waals surface area contributed by atoms with E-state index in [1.807, 2.05) is 0 Å². The molecule has 1 aromatic carbocycles. The van der Waals surface area contributed by atoms with Crippen molar-refractivity contribution in [2.45, 2.75) is 12.2 Å². The predicted octanol–water partition coefficient (Wildman–Crippen LogP) is 2.27. The molecule has 0 aliphatic carbocycles. The van der Waals surface area contributed by atoms with E-state index in [1.165, 1.54) is 24.9 Å². The third-order valence-electron chi connectivity index (χ3n) is 2.30. The number of nitro benzene ring substituents is 1. The monoisotopic (exact) mass is 285 g/mol. The highest BCUT2D eigenvalue weighted by atomic mass is 32.2. The lowest BCUT2D eigenvalue weighted by Crippen LogP contribution is -2.16. The van der Waals surface area contributed by atoms with Crippen molar-refractivity contribution >= 4 is 23.4 Å². The maximum Gasteiger partial charge on any atom is 0.318 e. The van der Waals surface area contributed by atoms with Gasteiger partial charge in [-0.2, -0.15) is 0 Å². The number of methoxy groups -OCH3 is 1. The molecule has 0 radical (unpaired) electrons. The van der Waals surface area contributed by atoms with Crippen LogP contribution < -0.4 is 4.74 Å². The van der Waals surface area contributed by atoms with E-state index in [2.05, 4.69) is 4.74 Å². The maximum atomic E-state index is 11.1. The van der Waals surface area contributed by atoms with Crippen molar-refractivity contribution in [2.75, 3.05) is 19.5 Å². The minimum atomic E-state index is -0.487. The Morgan fingerprint density at radius 3 is 2.79 bits per heavy atom. The molecule has 19 heavy (non-hydrogen) atoms. The van der Waals surface area contributed by atoms with Gasteiger partial charge in [-0.05, 0) is 13.0 Å². The Kier molecular flexibility index (Phi) is 6.14. The smallest absolute Gasteiger partial charge is 0.318 e. The Morgan fingerprint density at radius 1 is 1.47 bits per heavy atom. The number of hydrogen-bond donors (Lipinski definition) is 0. The highest BCUT2D eigenvalue weighted by Crippen LogP contribution is 2.26. The van der Waals surface area contributed by atoms with E-state index in [4.69, 9.17) is 4.74 Å². The van der Waals surface area contributed by atoms with Crippen LogP contribution in [0.5, 0.6) is 5.75 Å². The van der Waals surface area contributed by atoms with Gasteiger partial charge in [-0.3, -0.25) is 14.9 Å². The van der Waals surface area contributed by atoms with Gasteiger partial charge in [-0.1, -0.05) is 12.1 Å². The first-order valence-electron chi connectivity index (χ1n) is 5.62. The molecule has 1 rings (SSSR count). The van der Waals surface area contributed by atoms with Crippen molar-refractivity contribution in [3.05, 3.63) is 34.4 Å². The molecule has 0 spiro atoms. The van der Waals surface area contributed by atoms with E-state index in [0.717, 1.165) is 0 Å². The van der Waals surface area contributed by atoms with Gasteiger partial charge >= 0.3 is 11.7 Å². The van der Waals surface area contributed by atoms with Crippen LogP contribution in [0.1, 0.15) is 6.92 Å². The molecule has 1 atom stereocenters. The Hall–Kier alpha value is -1.76. The van der Waals surface area contributed by atoms with Crippen molar-refractivity contribution in [3.63, 3.8) is 0 Å². The summed E-state index contributed by atoms with van der Waals surface area (Å²) < 4.78 is 9.94. The summed E-state index contributed by atoms with van der Waals surface area (Å²) in [5.74, 6) is 0.483. The number of thioether (sulfide) groups is 1. The number of benzene rings is 1. The SMILES string of the molecule is COC(=O)C(C)SCCOc1ccccc1[N+](=O)[O-]. The number of esters is 1. The van der Waals surface area contributed by atoms with Gasteiger partial charge in [0, 0.05) is 11.8 Å². The molecule has 0 N–H and O–H groups in total. The fraction of sp³-hybridized carbons (Fsp3) is 0.417. The van der Waals surface area contributed by atoms with Gasteiger partial charge in [-0.15, -0.1) is 11.8 Å². The summed E-state index contributed by atoms with van der Waals surface area (Å²) in [6, 6.07) is 6.19. The summed E-state index contributed by atoms with van der Waals surface area (Å²) in [5, 5.41) is 10.5. The number of hydrogen-bond acceptors (Lipinski definition) is 6. The Bertz CT molecular complexity index is 452. The number of nitro groups is 1. The molecule has 0 heterocycles. The van der Waals surface area contributed by atoms with Crippen molar-refractivity contribution in [1.82, 2.24) is 0 Å². The van der Waals surface area contributed by atoms with E-state index in [1.54, 1.807) is 25.1 Å². The number of nitrogens with zero attached hydrogens (tertiary/aromatic N) is 1. The standard InChI is InChI=1S/C12H15NO5S/c1-9(12(14)17-2)19-8-7-18-11-6-4-3-5-10(11)13(15)16/h3-6,9H,7-8H2,1-2H3. The Labute approximate surface area is 115 Å². The zero-order valence-electron chi connectivity index (χ0n) is 10.7. The number of ether oxygens (including phenoxy) is 2. The molecule has 1 unspecified atom stereocenters. The molecule has 1 aromatic rings. The first-order valence-corrected chi connectivity index (χ1v) is 6.66. The average molecular weight is 285 g/mol. The zero-order chi connectivity index (χ0) is 14.3. The van der Waals surface area contributed by atoms with E-state index in [0.29, 0.717) is 5.75 Å². The largest absolute Gasteiger partial charge is 0.486 e. The van der Waals surface area contributed by atoms with Crippen molar-refractivity contribution in [3.8, 4) is 5.75 Å². The lowest BCUT2D eigenvalue weighted by molar-refractivity contribution is -0.385. The summed E-state index contributed by atoms with van der Waals surface area (Å²) >= 11 is 1.37. The Balaban J connectivity index is 2.42. The van der Waals surface area contributed by atoms with Crippen LogP contribution in [0, 0.1) is 10.1 Å². The summed E-state index contributed by atoms with van der Waals surface area (Å²) in [7, 11) is 1.34. The molecule has 0 aromatic heterocycles. The van der Waals surface area contributed by atoms with E-state index in [9.17, 15) is 14.9 Å². The van der Waals surface area contributed by atoms with E-state index >= 15 is 0 Å². The lowest BCUT2D eigenvalue weighted by Gasteiger charge is -2.09. The fourth-order valence-corrected chi connectivity index (χ4v) is 2.11. The highest BCUT2D eigenvalue weighted by Gasteiger charge is 2.15. The van der Waals surface area contributed by atoms with Crippen LogP contribution in [0.2, 0.25) is 0 Å². The zero-order valence-corrected chi connectivity index (χ0v) is 11.5. The quantitative estimate of drug-likeness (QED) is 0.331. The average Bonchev–Trinajstić information content (AvgIpc) is 2.42. The second kappa shape index (κ2) is 7.63. The molecule has 0 amide bonds. The minimum absolute atomic E-state index is 0.0616. The molecule has 0 aliphatic rings. The predicted molar refractivity (Wildman–Crippen MR) is 72.5 cm³/mol. The molecule has 0 aliphatic heterocycles. The number of carbonyl (C=O) groups excluding carboxylic acids is 1. The van der Waals surface area contributed by atoms with Crippen LogP contribution in [0.3, 0.4) is 0 Å². The molecule has 0 bridgehead atoms. The van der Waals surface area contributed by atoms with Gasteiger partial charge in [0.2, 0.25) is 0 Å². The van der Waals surface area contributed by atoms with Gasteiger partial charge in [-0.25, -0.2) is 0 Å². The van der Waals surface area contributed by atoms with Crippen LogP contribution in [-0.2, 0) is 9.53 Å². The summed E-state index contributed by atoms with van der Waals surface area (Å²) in [6.07, 6.45) is 0. The summed E-state index contributed by atoms with van der Waals surface area (Å²) in [6.45, 7) is 2.03. The van der Waals surface area contributed by atoms with Gasteiger partial charge < -0.3 is 9.47 Å². The fourth-order valence-electron chi connectivity index (χ4n) is 1.34. The van der Waals surface area contributed by atoms with Crippen molar-refractivity contribution < 1.29 is 19.2 Å². The first kappa shape index (κ1) is 15.3. The van der Waals surface area contributed by atoms with E-state index in [-0.39, 0.29) is 29.3 Å². The third kappa shape index (κ3) is 4.78. The molecular weight excluding hydrogens is 270 g/mol. The maximum absolute atomic E-state index is 11.1. The number of para-hydroxylation sites is 2. The van der Waals surface area contributed by atoms with Crippen LogP contribution in [0.15, 0.2) is 24.3 Å². The molecule has 6 nitrogen and oxygen atoms in total.